The smallest absolute Gasteiger partial charge is 0.223 e. The molecule has 1 fully saturated rings. The molecule has 0 aromatic carbocycles. The molecule has 128 valence electrons. The van der Waals surface area contributed by atoms with Crippen LogP contribution in [0.4, 0.5) is 0 Å². The maximum atomic E-state index is 12.6. The van der Waals surface area contributed by atoms with Crippen molar-refractivity contribution in [1.29, 1.82) is 0 Å². The first-order valence-electron chi connectivity index (χ1n) is 8.80. The van der Waals surface area contributed by atoms with E-state index in [0.29, 0.717) is 31.8 Å². The van der Waals surface area contributed by atoms with Gasteiger partial charge in [-0.25, -0.2) is 4.98 Å². The summed E-state index contributed by atoms with van der Waals surface area (Å²) in [5, 5.41) is 3.95. The zero-order chi connectivity index (χ0) is 16.7. The third-order valence-corrected chi connectivity index (χ3v) is 5.32. The Morgan fingerprint density at radius 3 is 2.83 bits per heavy atom. The number of rotatable bonds is 4. The van der Waals surface area contributed by atoms with Gasteiger partial charge in [-0.1, -0.05) is 11.6 Å². The van der Waals surface area contributed by atoms with Crippen molar-refractivity contribution in [2.75, 3.05) is 6.54 Å². The van der Waals surface area contributed by atoms with Crippen LogP contribution in [0.1, 0.15) is 66.0 Å². The number of hydrogen-bond acceptors (Lipinski definition) is 5. The van der Waals surface area contributed by atoms with E-state index in [0.717, 1.165) is 40.8 Å². The Kier molecular flexibility index (Phi) is 3.90. The van der Waals surface area contributed by atoms with Gasteiger partial charge in [-0.2, -0.15) is 0 Å². The summed E-state index contributed by atoms with van der Waals surface area (Å²) >= 11 is 0. The molecule has 0 radical (unpaired) electrons. The van der Waals surface area contributed by atoms with Crippen molar-refractivity contribution in [1.82, 2.24) is 15.0 Å². The number of hydrogen-bond donors (Lipinski definition) is 0. The van der Waals surface area contributed by atoms with Gasteiger partial charge in [0.15, 0.2) is 5.89 Å². The van der Waals surface area contributed by atoms with Crippen LogP contribution >= 0.6 is 0 Å². The third kappa shape index (κ3) is 2.74. The van der Waals surface area contributed by atoms with Gasteiger partial charge in [0, 0.05) is 30.9 Å². The van der Waals surface area contributed by atoms with Crippen LogP contribution in [0.15, 0.2) is 8.94 Å². The number of aromatic nitrogens is 2. The minimum atomic E-state index is 0.161. The molecule has 1 saturated carbocycles. The molecule has 6 heteroatoms. The molecule has 0 bridgehead atoms. The minimum absolute atomic E-state index is 0.161. The van der Waals surface area contributed by atoms with E-state index in [1.54, 1.807) is 0 Å². The second-order valence-corrected chi connectivity index (χ2v) is 6.92. The maximum Gasteiger partial charge on any atom is 0.223 e. The summed E-state index contributed by atoms with van der Waals surface area (Å²) in [4.78, 5) is 19.1. The number of oxazole rings is 1. The van der Waals surface area contributed by atoms with Crippen LogP contribution in [0.5, 0.6) is 0 Å². The van der Waals surface area contributed by atoms with Gasteiger partial charge in [0.05, 0.1) is 12.2 Å². The summed E-state index contributed by atoms with van der Waals surface area (Å²) in [6.07, 6.45) is 5.55. The van der Waals surface area contributed by atoms with E-state index >= 15 is 0 Å². The van der Waals surface area contributed by atoms with E-state index in [4.69, 9.17) is 8.94 Å². The summed E-state index contributed by atoms with van der Waals surface area (Å²) in [5.41, 5.74) is 2.88. The van der Waals surface area contributed by atoms with Crippen molar-refractivity contribution in [2.24, 2.45) is 0 Å². The third-order valence-electron chi connectivity index (χ3n) is 5.32. The lowest BCUT2D eigenvalue weighted by atomic mass is 9.85. The summed E-state index contributed by atoms with van der Waals surface area (Å²) in [7, 11) is 0. The van der Waals surface area contributed by atoms with Crippen LogP contribution < -0.4 is 0 Å². The molecule has 6 nitrogen and oxygen atoms in total. The molecule has 1 aliphatic carbocycles. The Hall–Kier alpha value is -2.11. The number of fused-ring (bicyclic) bond motifs is 1. The molecular formula is C18H23N3O3. The highest BCUT2D eigenvalue weighted by atomic mass is 16.5. The van der Waals surface area contributed by atoms with E-state index in [1.165, 1.54) is 19.3 Å². The largest absolute Gasteiger partial charge is 0.445 e. The van der Waals surface area contributed by atoms with Crippen LogP contribution in [0, 0.1) is 13.8 Å². The van der Waals surface area contributed by atoms with Gasteiger partial charge in [0.25, 0.3) is 0 Å². The van der Waals surface area contributed by atoms with E-state index < -0.39 is 0 Å². The van der Waals surface area contributed by atoms with Crippen molar-refractivity contribution in [3.63, 3.8) is 0 Å². The monoisotopic (exact) mass is 329 g/mol. The van der Waals surface area contributed by atoms with E-state index in [2.05, 4.69) is 10.1 Å². The van der Waals surface area contributed by atoms with Gasteiger partial charge >= 0.3 is 0 Å². The second-order valence-electron chi connectivity index (χ2n) is 6.92. The first-order chi connectivity index (χ1) is 11.6. The molecule has 2 aliphatic rings. The van der Waals surface area contributed by atoms with Gasteiger partial charge in [0.1, 0.15) is 17.2 Å². The first kappa shape index (κ1) is 15.4. The fraction of sp³-hybridized carbons (Fsp3) is 0.611. The van der Waals surface area contributed by atoms with Gasteiger partial charge in [-0.05, 0) is 33.1 Å². The van der Waals surface area contributed by atoms with Gasteiger partial charge < -0.3 is 13.8 Å². The maximum absolute atomic E-state index is 12.6. The first-order valence-corrected chi connectivity index (χ1v) is 8.80. The zero-order valence-corrected chi connectivity index (χ0v) is 14.3. The van der Waals surface area contributed by atoms with Crippen LogP contribution in [-0.4, -0.2) is 27.5 Å². The molecule has 0 unspecified atom stereocenters. The van der Waals surface area contributed by atoms with E-state index in [1.807, 2.05) is 18.7 Å². The molecule has 1 amide bonds. The molecule has 2 aromatic rings. The molecular weight excluding hydrogens is 306 g/mol. The van der Waals surface area contributed by atoms with Crippen molar-refractivity contribution >= 4 is 5.91 Å². The van der Waals surface area contributed by atoms with Crippen molar-refractivity contribution in [2.45, 2.75) is 64.8 Å². The fourth-order valence-corrected chi connectivity index (χ4v) is 3.51. The quantitative estimate of drug-likeness (QED) is 0.862. The van der Waals surface area contributed by atoms with Gasteiger partial charge in [-0.3, -0.25) is 4.79 Å². The van der Waals surface area contributed by atoms with Crippen molar-refractivity contribution in [3.05, 3.63) is 34.4 Å². The summed E-state index contributed by atoms with van der Waals surface area (Å²) in [6, 6.07) is 0. The molecule has 1 aliphatic heterocycles. The topological polar surface area (TPSA) is 72.4 Å². The second kappa shape index (κ2) is 6.07. The number of nitrogens with zero attached hydrogens (tertiary/aromatic N) is 3. The normalized spacial score (nSPS) is 17.7. The number of carbonyl (C=O) groups excluding carboxylic acids is 1. The van der Waals surface area contributed by atoms with Crippen LogP contribution in [0.3, 0.4) is 0 Å². The number of aryl methyl sites for hydroxylation is 2. The zero-order valence-electron chi connectivity index (χ0n) is 14.3. The molecule has 4 rings (SSSR count). The molecule has 0 spiro atoms. The highest BCUT2D eigenvalue weighted by Crippen LogP contribution is 2.37. The lowest BCUT2D eigenvalue weighted by Crippen LogP contribution is -2.36. The SMILES string of the molecule is Cc1noc(C)c1CCC(=O)N1CCc2oc(C3CCC3)nc2C1. The van der Waals surface area contributed by atoms with Crippen LogP contribution in [0.2, 0.25) is 0 Å². The average Bonchev–Trinajstić information content (AvgIpc) is 3.06. The lowest BCUT2D eigenvalue weighted by Gasteiger charge is -2.25. The summed E-state index contributed by atoms with van der Waals surface area (Å²) < 4.78 is 11.1. The molecule has 3 heterocycles. The van der Waals surface area contributed by atoms with E-state index in [9.17, 15) is 4.79 Å². The van der Waals surface area contributed by atoms with Gasteiger partial charge in [0.2, 0.25) is 5.91 Å². The summed E-state index contributed by atoms with van der Waals surface area (Å²) in [5.74, 6) is 3.33. The lowest BCUT2D eigenvalue weighted by molar-refractivity contribution is -0.132. The number of carbonyl (C=O) groups is 1. The Bertz CT molecular complexity index is 738. The standard InChI is InChI=1S/C18H23N3O3/c1-11-14(12(2)24-20-11)6-7-17(22)21-9-8-16-15(10-21)19-18(23-16)13-4-3-5-13/h13H,3-10H2,1-2H3. The molecule has 0 N–H and O–H groups in total. The fourth-order valence-electron chi connectivity index (χ4n) is 3.51. The van der Waals surface area contributed by atoms with Crippen LogP contribution in [0.25, 0.3) is 0 Å². The highest BCUT2D eigenvalue weighted by molar-refractivity contribution is 5.76. The Balaban J connectivity index is 1.38. The van der Waals surface area contributed by atoms with Crippen molar-refractivity contribution in [3.8, 4) is 0 Å². The molecule has 24 heavy (non-hydrogen) atoms. The predicted molar refractivity (Wildman–Crippen MR) is 86.5 cm³/mol. The molecule has 2 aromatic heterocycles. The predicted octanol–water partition coefficient (Wildman–Crippen LogP) is 3.06. The molecule has 0 saturated heterocycles. The number of amides is 1. The summed E-state index contributed by atoms with van der Waals surface area (Å²) in [6.45, 7) is 5.10. The van der Waals surface area contributed by atoms with Crippen LogP contribution in [-0.2, 0) is 24.2 Å². The molecule has 0 atom stereocenters. The Morgan fingerprint density at radius 2 is 2.17 bits per heavy atom. The Labute approximate surface area is 141 Å². The van der Waals surface area contributed by atoms with Crippen molar-refractivity contribution < 1.29 is 13.7 Å². The van der Waals surface area contributed by atoms with E-state index in [-0.39, 0.29) is 5.91 Å². The Morgan fingerprint density at radius 1 is 1.33 bits per heavy atom. The highest BCUT2D eigenvalue weighted by Gasteiger charge is 2.30. The average molecular weight is 329 g/mol. The minimum Gasteiger partial charge on any atom is -0.445 e. The van der Waals surface area contributed by atoms with Gasteiger partial charge in [-0.15, -0.1) is 0 Å².